The first-order valence-corrected chi connectivity index (χ1v) is 16.9. The zero-order chi connectivity index (χ0) is 30.2. The fraction of sp³-hybridized carbons (Fsp3) is 0.150. The highest BCUT2D eigenvalue weighted by atomic mass is 32.2. The molecule has 2 heterocycles. The lowest BCUT2D eigenvalue weighted by Crippen LogP contribution is -1.96. The predicted octanol–water partition coefficient (Wildman–Crippen LogP) is 12.1. The molecule has 0 aliphatic carbocycles. The van der Waals surface area contributed by atoms with Crippen LogP contribution >= 0.6 is 23.5 Å². The second kappa shape index (κ2) is 12.1. The van der Waals surface area contributed by atoms with Crippen molar-refractivity contribution in [3.8, 4) is 11.4 Å². The van der Waals surface area contributed by atoms with E-state index in [1.54, 1.807) is 0 Å². The molecule has 2 aromatic heterocycles. The van der Waals surface area contributed by atoms with Crippen molar-refractivity contribution in [3.05, 3.63) is 145 Å². The van der Waals surface area contributed by atoms with E-state index in [0.717, 1.165) is 0 Å². The first kappa shape index (κ1) is 28.6. The Bertz CT molecular complexity index is 1900. The van der Waals surface area contributed by atoms with E-state index in [-0.39, 0.29) is 0 Å². The molecule has 0 radical (unpaired) electrons. The lowest BCUT2D eigenvalue weighted by molar-refractivity contribution is 0.869. The molecule has 0 spiro atoms. The molecular weight excluding hydrogens is 573 g/mol. The summed E-state index contributed by atoms with van der Waals surface area (Å²) in [5.41, 5.74) is 7.60. The Morgan fingerprint density at radius 2 is 0.818 bits per heavy atom. The molecule has 44 heavy (non-hydrogen) atoms. The highest BCUT2D eigenvalue weighted by Crippen LogP contribution is 2.37. The summed E-state index contributed by atoms with van der Waals surface area (Å²) in [6.45, 7) is 9.12. The molecule has 2 nitrogen and oxygen atoms in total. The van der Waals surface area contributed by atoms with Gasteiger partial charge in [-0.15, -0.1) is 0 Å². The Morgan fingerprint density at radius 3 is 1.18 bits per heavy atom. The maximum absolute atomic E-state index is 2.37. The molecule has 0 unspecified atom stereocenters. The van der Waals surface area contributed by atoms with Gasteiger partial charge >= 0.3 is 0 Å². The van der Waals surface area contributed by atoms with Crippen molar-refractivity contribution in [2.75, 3.05) is 0 Å². The normalized spacial score (nSPS) is 11.8. The second-order valence-corrected chi connectivity index (χ2v) is 14.2. The minimum absolute atomic E-state index is 0.439. The standard InChI is InChI=1S/C40H36N2S2/c1-27(2)37-25-41(39-23-33(19-21-35(37)39)43-31-11-7-5-8-12-31)29-15-17-30(18-16-29)42-26-38(28(3)4)36-22-20-34(24-40(36)42)44-32-13-9-6-10-14-32/h5-28H,1-4H3. The summed E-state index contributed by atoms with van der Waals surface area (Å²) in [4.78, 5) is 5.00. The van der Waals surface area contributed by atoms with Gasteiger partial charge < -0.3 is 9.13 Å². The number of rotatable bonds is 8. The summed E-state index contributed by atoms with van der Waals surface area (Å²) in [6.07, 6.45) is 4.66. The minimum Gasteiger partial charge on any atom is -0.316 e. The molecule has 4 heteroatoms. The summed E-state index contributed by atoms with van der Waals surface area (Å²) in [5, 5.41) is 2.64. The quantitative estimate of drug-likeness (QED) is 0.170. The van der Waals surface area contributed by atoms with Crippen molar-refractivity contribution < 1.29 is 0 Å². The molecule has 0 aliphatic rings. The minimum atomic E-state index is 0.439. The summed E-state index contributed by atoms with van der Waals surface area (Å²) < 4.78 is 4.73. The molecule has 0 N–H and O–H groups in total. The van der Waals surface area contributed by atoms with Gasteiger partial charge in [-0.3, -0.25) is 0 Å². The van der Waals surface area contributed by atoms with E-state index in [9.17, 15) is 0 Å². The monoisotopic (exact) mass is 608 g/mol. The number of benzene rings is 5. The Kier molecular flexibility index (Phi) is 7.88. The van der Waals surface area contributed by atoms with E-state index >= 15 is 0 Å². The van der Waals surface area contributed by atoms with Crippen molar-refractivity contribution in [1.82, 2.24) is 9.13 Å². The Balaban J connectivity index is 1.28. The van der Waals surface area contributed by atoms with E-state index in [1.807, 2.05) is 23.5 Å². The average Bonchev–Trinajstić information content (AvgIpc) is 3.61. The van der Waals surface area contributed by atoms with Gasteiger partial charge in [-0.05, 0) is 95.8 Å². The molecule has 0 amide bonds. The van der Waals surface area contributed by atoms with Crippen LogP contribution in [-0.2, 0) is 0 Å². The first-order chi connectivity index (χ1) is 21.4. The summed E-state index contributed by atoms with van der Waals surface area (Å²) in [6, 6.07) is 44.1. The molecule has 0 saturated heterocycles. The zero-order valence-electron chi connectivity index (χ0n) is 25.6. The van der Waals surface area contributed by atoms with Gasteiger partial charge in [-0.1, -0.05) is 99.7 Å². The van der Waals surface area contributed by atoms with E-state index in [2.05, 4.69) is 171 Å². The first-order valence-electron chi connectivity index (χ1n) is 15.3. The van der Waals surface area contributed by atoms with Crippen molar-refractivity contribution in [2.24, 2.45) is 0 Å². The number of hydrogen-bond acceptors (Lipinski definition) is 2. The number of nitrogens with zero attached hydrogens (tertiary/aromatic N) is 2. The van der Waals surface area contributed by atoms with Gasteiger partial charge in [0.25, 0.3) is 0 Å². The highest BCUT2D eigenvalue weighted by Gasteiger charge is 2.16. The molecule has 0 aliphatic heterocycles. The van der Waals surface area contributed by atoms with Gasteiger partial charge in [0, 0.05) is 54.1 Å². The van der Waals surface area contributed by atoms with Gasteiger partial charge in [0.15, 0.2) is 0 Å². The summed E-state index contributed by atoms with van der Waals surface area (Å²) in [5.74, 6) is 0.878. The maximum Gasteiger partial charge on any atom is 0.0542 e. The van der Waals surface area contributed by atoms with E-state index in [0.29, 0.717) is 11.8 Å². The smallest absolute Gasteiger partial charge is 0.0542 e. The molecule has 7 aromatic rings. The lowest BCUT2D eigenvalue weighted by Gasteiger charge is -2.11. The van der Waals surface area contributed by atoms with Crippen LogP contribution in [0, 0.1) is 0 Å². The SMILES string of the molecule is CC(C)c1cn(-c2ccc(-n3cc(C(C)C)c4ccc(Sc5ccccc5)cc43)cc2)c2cc(Sc3ccccc3)ccc12. The van der Waals surface area contributed by atoms with Crippen LogP contribution in [0.5, 0.6) is 0 Å². The third-order valence-electron chi connectivity index (χ3n) is 8.22. The van der Waals surface area contributed by atoms with Gasteiger partial charge in [0.2, 0.25) is 0 Å². The van der Waals surface area contributed by atoms with Crippen LogP contribution in [0.1, 0.15) is 50.7 Å². The van der Waals surface area contributed by atoms with Gasteiger partial charge in [0.05, 0.1) is 11.0 Å². The van der Waals surface area contributed by atoms with Crippen LogP contribution < -0.4 is 0 Å². The number of fused-ring (bicyclic) bond motifs is 2. The van der Waals surface area contributed by atoms with E-state index < -0.39 is 0 Å². The highest BCUT2D eigenvalue weighted by molar-refractivity contribution is 7.99. The van der Waals surface area contributed by atoms with Crippen LogP contribution in [0.25, 0.3) is 33.2 Å². The van der Waals surface area contributed by atoms with Crippen LogP contribution in [-0.4, -0.2) is 9.13 Å². The Labute approximate surface area is 268 Å². The van der Waals surface area contributed by atoms with Crippen molar-refractivity contribution in [2.45, 2.75) is 59.1 Å². The maximum atomic E-state index is 2.37. The van der Waals surface area contributed by atoms with Crippen LogP contribution in [0.15, 0.2) is 153 Å². The van der Waals surface area contributed by atoms with Gasteiger partial charge in [-0.25, -0.2) is 0 Å². The van der Waals surface area contributed by atoms with Gasteiger partial charge in [0.1, 0.15) is 0 Å². The topological polar surface area (TPSA) is 9.86 Å². The van der Waals surface area contributed by atoms with Crippen molar-refractivity contribution in [3.63, 3.8) is 0 Å². The fourth-order valence-electron chi connectivity index (χ4n) is 5.96. The molecule has 0 saturated carbocycles. The number of hydrogen-bond donors (Lipinski definition) is 0. The second-order valence-electron chi connectivity index (χ2n) is 11.9. The summed E-state index contributed by atoms with van der Waals surface area (Å²) in [7, 11) is 0. The van der Waals surface area contributed by atoms with E-state index in [4.69, 9.17) is 0 Å². The lowest BCUT2D eigenvalue weighted by atomic mass is 10.0. The molecule has 0 fully saturated rings. The van der Waals surface area contributed by atoms with Crippen LogP contribution in [0.2, 0.25) is 0 Å². The van der Waals surface area contributed by atoms with Crippen molar-refractivity contribution in [1.29, 1.82) is 0 Å². The third-order valence-corrected chi connectivity index (χ3v) is 10.2. The molecule has 7 rings (SSSR count). The fourth-order valence-corrected chi connectivity index (χ4v) is 7.71. The third kappa shape index (κ3) is 5.60. The van der Waals surface area contributed by atoms with Crippen molar-refractivity contribution >= 4 is 45.3 Å². The predicted molar refractivity (Wildman–Crippen MR) is 189 cm³/mol. The largest absolute Gasteiger partial charge is 0.316 e. The Morgan fingerprint density at radius 1 is 0.432 bits per heavy atom. The van der Waals surface area contributed by atoms with E-state index in [1.165, 1.54) is 63.9 Å². The zero-order valence-corrected chi connectivity index (χ0v) is 27.2. The Hall–Kier alpha value is -4.12. The van der Waals surface area contributed by atoms with Crippen LogP contribution in [0.4, 0.5) is 0 Å². The van der Waals surface area contributed by atoms with Crippen LogP contribution in [0.3, 0.4) is 0 Å². The summed E-state index contributed by atoms with van der Waals surface area (Å²) >= 11 is 3.62. The molecule has 5 aromatic carbocycles. The molecule has 218 valence electrons. The average molecular weight is 609 g/mol. The van der Waals surface area contributed by atoms with Gasteiger partial charge in [-0.2, -0.15) is 0 Å². The molecule has 0 atom stereocenters. The number of aromatic nitrogens is 2. The molecular formula is C40H36N2S2. The molecule has 0 bridgehead atoms.